The van der Waals surface area contributed by atoms with Crippen molar-refractivity contribution in [2.75, 3.05) is 0 Å². The molecule has 6 fully saturated rings. The topological polar surface area (TPSA) is 79.2 Å². The van der Waals surface area contributed by atoms with Crippen molar-refractivity contribution in [1.82, 2.24) is 0 Å². The molecule has 5 nitrogen and oxygen atoms in total. The molecule has 6 aliphatic carbocycles. The van der Waals surface area contributed by atoms with Crippen molar-refractivity contribution in [3.05, 3.63) is 70.9 Å². The van der Waals surface area contributed by atoms with Gasteiger partial charge in [0.25, 0.3) is 0 Å². The van der Waals surface area contributed by atoms with Gasteiger partial charge in [0.1, 0.15) is 0 Å². The highest BCUT2D eigenvalue weighted by molar-refractivity contribution is 5.39. The molecule has 2 unspecified atom stereocenters. The highest BCUT2D eigenvalue weighted by Gasteiger charge is 2.52. The number of aliphatic hydroxyl groups excluding tert-OH is 2. The third kappa shape index (κ3) is 10.9. The molecule has 5 heteroatoms. The molecule has 0 aromatic carbocycles. The highest BCUT2D eigenvalue weighted by Crippen LogP contribution is 2.61. The Bertz CT molecular complexity index is 1610. The Kier molecular flexibility index (Phi) is 15.3. The molecule has 6 saturated carbocycles. The quantitative estimate of drug-likeness (QED) is 0.0872. The predicted octanol–water partition coefficient (Wildman–Crippen LogP) is 13.6. The Morgan fingerprint density at radius 2 is 1.31 bits per heavy atom. The fourth-order valence-corrected chi connectivity index (χ4v) is 13.7. The average Bonchev–Trinajstić information content (AvgIpc) is 3.72. The van der Waals surface area contributed by atoms with E-state index in [-0.39, 0.29) is 0 Å². The van der Waals surface area contributed by atoms with E-state index >= 15 is 0 Å². The summed E-state index contributed by atoms with van der Waals surface area (Å²) in [5.74, 6) is 3.64. The summed E-state index contributed by atoms with van der Waals surface area (Å²) in [4.78, 5) is 12.2. The number of hydrogen-bond donors (Lipinski definition) is 3. The summed E-state index contributed by atoms with van der Waals surface area (Å²) < 4.78 is 0. The first-order chi connectivity index (χ1) is 27.8. The molecule has 0 heterocycles. The van der Waals surface area contributed by atoms with Crippen LogP contribution in [0.2, 0.25) is 0 Å². The van der Waals surface area contributed by atoms with Crippen molar-refractivity contribution in [2.45, 2.75) is 214 Å². The van der Waals surface area contributed by atoms with Crippen molar-refractivity contribution in [3.63, 3.8) is 0 Å². The van der Waals surface area contributed by atoms with Gasteiger partial charge < -0.3 is 15.3 Å². The zero-order valence-electron chi connectivity index (χ0n) is 38.9. The zero-order chi connectivity index (χ0) is 42.8. The Hall–Kier alpha value is -1.76. The smallest absolute Gasteiger partial charge is 0.203 e. The Morgan fingerprint density at radius 1 is 0.746 bits per heavy atom. The van der Waals surface area contributed by atoms with Gasteiger partial charge in [-0.25, -0.2) is 9.78 Å². The maximum Gasteiger partial charge on any atom is 0.203 e. The van der Waals surface area contributed by atoms with E-state index in [1.807, 2.05) is 0 Å². The van der Waals surface area contributed by atoms with Crippen LogP contribution >= 0.6 is 0 Å². The van der Waals surface area contributed by atoms with Crippen LogP contribution in [0.3, 0.4) is 0 Å². The second-order valence-corrected chi connectivity index (χ2v) is 22.5. The van der Waals surface area contributed by atoms with Crippen molar-refractivity contribution in [1.29, 1.82) is 0 Å². The summed E-state index contributed by atoms with van der Waals surface area (Å²) in [5.41, 5.74) is 7.34. The van der Waals surface area contributed by atoms with Crippen LogP contribution in [-0.2, 0) is 9.78 Å². The van der Waals surface area contributed by atoms with Gasteiger partial charge in [-0.1, -0.05) is 128 Å². The first kappa shape index (κ1) is 46.7. The predicted molar refractivity (Wildman–Crippen MR) is 244 cm³/mol. The molecule has 6 rings (SSSR count). The fraction of sp³-hybridized carbons (Fsp3) is 0.778. The molecule has 332 valence electrons. The second kappa shape index (κ2) is 19.3. The number of fused-ring (bicyclic) bond motifs is 2. The normalized spacial score (nSPS) is 39.4. The molecule has 0 aliphatic heterocycles. The van der Waals surface area contributed by atoms with Gasteiger partial charge in [-0.15, -0.1) is 0 Å². The molecule has 0 amide bonds. The van der Waals surface area contributed by atoms with Crippen LogP contribution in [-0.4, -0.2) is 38.9 Å². The lowest BCUT2D eigenvalue weighted by Crippen LogP contribution is -2.39. The van der Waals surface area contributed by atoms with Gasteiger partial charge in [-0.2, -0.15) is 0 Å². The molecule has 3 N–H and O–H groups in total. The van der Waals surface area contributed by atoms with Gasteiger partial charge in [-0.05, 0) is 166 Å². The van der Waals surface area contributed by atoms with E-state index in [0.717, 1.165) is 65.7 Å². The minimum atomic E-state index is -1.35. The van der Waals surface area contributed by atoms with Crippen LogP contribution in [0, 0.1) is 52.3 Å². The molecule has 6 aliphatic rings. The summed E-state index contributed by atoms with van der Waals surface area (Å²) in [5, 5.41) is 32.3. The summed E-state index contributed by atoms with van der Waals surface area (Å²) >= 11 is 0. The lowest BCUT2D eigenvalue weighted by atomic mass is 9.60. The largest absolute Gasteiger partial charge is 0.393 e. The number of hydrogen-bond acceptors (Lipinski definition) is 5. The minimum absolute atomic E-state index is 0.302. The summed E-state index contributed by atoms with van der Waals surface area (Å²) in [6.45, 7) is 27.6. The lowest BCUT2D eigenvalue weighted by molar-refractivity contribution is -0.457. The maximum atomic E-state index is 11.7. The van der Waals surface area contributed by atoms with E-state index in [0.29, 0.717) is 66.6 Å². The van der Waals surface area contributed by atoms with Gasteiger partial charge in [0.15, 0.2) is 0 Å². The van der Waals surface area contributed by atoms with E-state index in [4.69, 9.17) is 9.78 Å². The molecular formula is C54H86O5. The zero-order valence-corrected chi connectivity index (χ0v) is 38.9. The molecule has 0 aromatic rings. The van der Waals surface area contributed by atoms with Gasteiger partial charge in [0.05, 0.1) is 17.8 Å². The van der Waals surface area contributed by atoms with Gasteiger partial charge in [-0.3, -0.25) is 0 Å². The SMILES string of the molecule is C=C1CC[C@](O)(OOC(C)(C)CCC[C@@H](C)[C@H]2CCC3C(=CC=C4C[C@@H](O)C[C@H](O)C4=C)CCC[C@@]32C)C/C1=C/C=C1CCC[C@@]2(C)C1CC[C@@H]2[C@H](C)CCCC(C)C. The second-order valence-electron chi connectivity index (χ2n) is 22.5. The number of aliphatic hydroxyl groups is 3. The van der Waals surface area contributed by atoms with Crippen LogP contribution < -0.4 is 0 Å². The van der Waals surface area contributed by atoms with Crippen molar-refractivity contribution in [2.24, 2.45) is 52.3 Å². The molecular weight excluding hydrogens is 729 g/mol. The number of rotatable bonds is 15. The van der Waals surface area contributed by atoms with Crippen LogP contribution in [0.4, 0.5) is 0 Å². The monoisotopic (exact) mass is 815 g/mol. The molecule has 59 heavy (non-hydrogen) atoms. The van der Waals surface area contributed by atoms with E-state index in [9.17, 15) is 15.3 Å². The summed E-state index contributed by atoms with van der Waals surface area (Å²) in [7, 11) is 0. The highest BCUT2D eigenvalue weighted by atomic mass is 17.2. The summed E-state index contributed by atoms with van der Waals surface area (Å²) in [6, 6.07) is 0. The molecule has 0 bridgehead atoms. The van der Waals surface area contributed by atoms with Gasteiger partial charge in [0.2, 0.25) is 5.79 Å². The Labute approximate surface area is 360 Å². The Balaban J connectivity index is 0.995. The average molecular weight is 815 g/mol. The Morgan fingerprint density at radius 3 is 1.88 bits per heavy atom. The molecule has 11 atom stereocenters. The van der Waals surface area contributed by atoms with Crippen molar-refractivity contribution < 1.29 is 25.1 Å². The number of allylic oxidation sites excluding steroid dienone is 7. The first-order valence-electron chi connectivity index (χ1n) is 24.5. The third-order valence-corrected chi connectivity index (χ3v) is 17.3. The van der Waals surface area contributed by atoms with Crippen LogP contribution in [0.15, 0.2) is 70.9 Å². The van der Waals surface area contributed by atoms with E-state index < -0.39 is 23.6 Å². The van der Waals surface area contributed by atoms with Crippen LogP contribution in [0.5, 0.6) is 0 Å². The fourth-order valence-electron chi connectivity index (χ4n) is 13.7. The minimum Gasteiger partial charge on any atom is -0.393 e. The van der Waals surface area contributed by atoms with Gasteiger partial charge in [0, 0.05) is 19.3 Å². The van der Waals surface area contributed by atoms with Crippen LogP contribution in [0.1, 0.15) is 190 Å². The molecule has 0 saturated heterocycles. The first-order valence-corrected chi connectivity index (χ1v) is 24.5. The maximum absolute atomic E-state index is 11.7. The van der Waals surface area contributed by atoms with Crippen molar-refractivity contribution >= 4 is 0 Å². The summed E-state index contributed by atoms with van der Waals surface area (Å²) in [6.07, 6.45) is 30.4. The van der Waals surface area contributed by atoms with Gasteiger partial charge >= 0.3 is 0 Å². The van der Waals surface area contributed by atoms with E-state index in [1.54, 1.807) is 11.1 Å². The third-order valence-electron chi connectivity index (χ3n) is 17.3. The molecule has 0 spiro atoms. The van der Waals surface area contributed by atoms with Crippen LogP contribution in [0.25, 0.3) is 0 Å². The van der Waals surface area contributed by atoms with E-state index in [2.05, 4.69) is 92.9 Å². The van der Waals surface area contributed by atoms with E-state index in [1.165, 1.54) is 77.0 Å². The molecule has 0 aromatic heterocycles. The lowest BCUT2D eigenvalue weighted by Gasteiger charge is -2.44. The molecule has 0 radical (unpaired) electrons. The standard InChI is InChI=1S/C54H86O5/c1-36(2)15-11-16-38(4)46-24-26-49-42(19-14-30-52(46,49)9)21-23-44-35-54(57,32-28-37(44)3)59-58-51(7,8)29-12-17-39(5)47-25-27-48-41(18-13-31-53(47,48)10)20-22-43-33-45(55)34-50(56)40(43)6/h20-23,36,38-39,45-50,55-57H,3,6,11-19,24-35H2,1-2,4-5,7-10H3/b41-20?,42-21?,43-22?,44-23-/t38-,39-,45-,46-,47-,48?,49?,50+,52-,53-,54+/m1/s1. The van der Waals surface area contributed by atoms with Crippen molar-refractivity contribution in [3.8, 4) is 0 Å².